The standard InChI is InChI=1S/C23H16N2O5/c26-20-12-17-4-2-1-3-16(17)11-19(20)22(27)25-24-13-18-9-10-21(30-18)14-5-7-15(8-6-14)23(28)29/h1-13,26H,(H,25,27)(H,28,29). The maximum Gasteiger partial charge on any atom is 0.335 e. The summed E-state index contributed by atoms with van der Waals surface area (Å²) in [5.41, 5.74) is 3.38. The zero-order valence-electron chi connectivity index (χ0n) is 15.6. The minimum Gasteiger partial charge on any atom is -0.507 e. The number of carbonyl (C=O) groups excluding carboxylic acids is 1. The molecule has 0 saturated carbocycles. The molecule has 30 heavy (non-hydrogen) atoms. The first-order chi connectivity index (χ1) is 14.5. The number of carbonyl (C=O) groups is 2. The van der Waals surface area contributed by atoms with E-state index >= 15 is 0 Å². The third-order valence-electron chi connectivity index (χ3n) is 4.51. The van der Waals surface area contributed by atoms with E-state index in [2.05, 4.69) is 10.5 Å². The molecule has 0 fully saturated rings. The number of furan rings is 1. The summed E-state index contributed by atoms with van der Waals surface area (Å²) >= 11 is 0. The number of phenols is 1. The van der Waals surface area contributed by atoms with Gasteiger partial charge in [0.15, 0.2) is 0 Å². The van der Waals surface area contributed by atoms with E-state index in [0.717, 1.165) is 10.8 Å². The van der Waals surface area contributed by atoms with Gasteiger partial charge in [-0.25, -0.2) is 10.2 Å². The van der Waals surface area contributed by atoms with Crippen LogP contribution in [-0.4, -0.2) is 28.3 Å². The van der Waals surface area contributed by atoms with Crippen molar-refractivity contribution in [2.75, 3.05) is 0 Å². The SMILES string of the molecule is O=C(O)c1ccc(-c2ccc(C=NNC(=O)c3cc4ccccc4cc3O)o2)cc1. The van der Waals surface area contributed by atoms with Gasteiger partial charge in [0.05, 0.1) is 17.3 Å². The lowest BCUT2D eigenvalue weighted by Crippen LogP contribution is -2.17. The number of aromatic carboxylic acids is 1. The van der Waals surface area contributed by atoms with Gasteiger partial charge >= 0.3 is 5.97 Å². The first-order valence-corrected chi connectivity index (χ1v) is 9.00. The van der Waals surface area contributed by atoms with Crippen LogP contribution in [0, 0.1) is 0 Å². The molecule has 0 radical (unpaired) electrons. The second-order valence-corrected chi connectivity index (χ2v) is 6.50. The number of fused-ring (bicyclic) bond motifs is 1. The predicted molar refractivity (Wildman–Crippen MR) is 112 cm³/mol. The van der Waals surface area contributed by atoms with Crippen LogP contribution in [0.3, 0.4) is 0 Å². The Morgan fingerprint density at radius 2 is 1.63 bits per heavy atom. The Morgan fingerprint density at radius 1 is 0.933 bits per heavy atom. The summed E-state index contributed by atoms with van der Waals surface area (Å²) in [4.78, 5) is 23.3. The zero-order valence-corrected chi connectivity index (χ0v) is 15.6. The average molecular weight is 400 g/mol. The van der Waals surface area contributed by atoms with Gasteiger partial charge < -0.3 is 14.6 Å². The van der Waals surface area contributed by atoms with Gasteiger partial charge in [-0.1, -0.05) is 36.4 Å². The van der Waals surface area contributed by atoms with Crippen LogP contribution in [0.25, 0.3) is 22.1 Å². The highest BCUT2D eigenvalue weighted by Crippen LogP contribution is 2.25. The van der Waals surface area contributed by atoms with E-state index in [1.807, 2.05) is 24.3 Å². The van der Waals surface area contributed by atoms with Crippen LogP contribution >= 0.6 is 0 Å². The van der Waals surface area contributed by atoms with Crippen molar-refractivity contribution in [1.29, 1.82) is 0 Å². The first kappa shape index (κ1) is 18.9. The van der Waals surface area contributed by atoms with Crippen molar-refractivity contribution in [3.8, 4) is 17.1 Å². The Balaban J connectivity index is 1.45. The van der Waals surface area contributed by atoms with Crippen LogP contribution in [-0.2, 0) is 0 Å². The third kappa shape index (κ3) is 3.90. The molecule has 4 aromatic rings. The summed E-state index contributed by atoms with van der Waals surface area (Å²) in [6, 6.07) is 20.2. The van der Waals surface area contributed by atoms with Crippen molar-refractivity contribution in [1.82, 2.24) is 5.43 Å². The number of hydrogen-bond donors (Lipinski definition) is 3. The molecule has 1 aromatic heterocycles. The molecule has 0 unspecified atom stereocenters. The molecule has 0 bridgehead atoms. The minimum absolute atomic E-state index is 0.115. The van der Waals surface area contributed by atoms with Crippen molar-refractivity contribution in [3.05, 3.63) is 89.7 Å². The van der Waals surface area contributed by atoms with Crippen LogP contribution in [0.4, 0.5) is 0 Å². The molecular formula is C23H16N2O5. The maximum absolute atomic E-state index is 12.3. The molecule has 1 amide bonds. The number of carboxylic acid groups (broad SMARTS) is 1. The van der Waals surface area contributed by atoms with Crippen molar-refractivity contribution in [2.24, 2.45) is 5.10 Å². The van der Waals surface area contributed by atoms with Gasteiger partial charge in [-0.2, -0.15) is 5.10 Å². The number of nitrogens with one attached hydrogen (secondary N) is 1. The Labute approximate surface area is 170 Å². The second-order valence-electron chi connectivity index (χ2n) is 6.50. The van der Waals surface area contributed by atoms with Gasteiger partial charge in [-0.05, 0) is 47.2 Å². The van der Waals surface area contributed by atoms with Gasteiger partial charge in [-0.3, -0.25) is 4.79 Å². The summed E-state index contributed by atoms with van der Waals surface area (Å²) in [6.07, 6.45) is 1.34. The van der Waals surface area contributed by atoms with Gasteiger partial charge in [-0.15, -0.1) is 0 Å². The van der Waals surface area contributed by atoms with Gasteiger partial charge in [0, 0.05) is 5.56 Å². The zero-order chi connectivity index (χ0) is 21.1. The van der Waals surface area contributed by atoms with Crippen molar-refractivity contribution >= 4 is 28.9 Å². The number of nitrogens with zero attached hydrogens (tertiary/aromatic N) is 1. The molecule has 0 spiro atoms. The van der Waals surface area contributed by atoms with Crippen molar-refractivity contribution < 1.29 is 24.2 Å². The summed E-state index contributed by atoms with van der Waals surface area (Å²) in [5, 5.41) is 24.6. The molecule has 0 saturated heterocycles. The number of aromatic hydroxyl groups is 1. The average Bonchev–Trinajstić information content (AvgIpc) is 3.22. The fourth-order valence-corrected chi connectivity index (χ4v) is 2.98. The van der Waals surface area contributed by atoms with E-state index in [9.17, 15) is 14.7 Å². The summed E-state index contributed by atoms with van der Waals surface area (Å²) < 4.78 is 5.64. The van der Waals surface area contributed by atoms with Gasteiger partial charge in [0.2, 0.25) is 0 Å². The largest absolute Gasteiger partial charge is 0.507 e. The molecule has 3 aromatic carbocycles. The molecule has 0 aliphatic carbocycles. The Morgan fingerprint density at radius 3 is 2.33 bits per heavy atom. The fourth-order valence-electron chi connectivity index (χ4n) is 2.98. The molecule has 148 valence electrons. The topological polar surface area (TPSA) is 112 Å². The lowest BCUT2D eigenvalue weighted by atomic mass is 10.1. The normalized spacial score (nSPS) is 11.1. The van der Waals surface area contributed by atoms with Crippen LogP contribution < -0.4 is 5.43 Å². The lowest BCUT2D eigenvalue weighted by molar-refractivity contribution is 0.0696. The highest BCUT2D eigenvalue weighted by molar-refractivity contribution is 6.01. The number of carboxylic acids is 1. The number of hydrogen-bond acceptors (Lipinski definition) is 5. The van der Waals surface area contributed by atoms with E-state index < -0.39 is 11.9 Å². The molecule has 4 rings (SSSR count). The quantitative estimate of drug-likeness (QED) is 0.342. The highest BCUT2D eigenvalue weighted by atomic mass is 16.4. The van der Waals surface area contributed by atoms with Gasteiger partial charge in [0.25, 0.3) is 5.91 Å². The van der Waals surface area contributed by atoms with Crippen LogP contribution in [0.5, 0.6) is 5.75 Å². The number of amides is 1. The van der Waals surface area contributed by atoms with Crippen LogP contribution in [0.2, 0.25) is 0 Å². The molecule has 7 heteroatoms. The highest BCUT2D eigenvalue weighted by Gasteiger charge is 2.12. The van der Waals surface area contributed by atoms with Crippen molar-refractivity contribution in [3.63, 3.8) is 0 Å². The molecule has 0 aliphatic rings. The minimum atomic E-state index is -0.998. The van der Waals surface area contributed by atoms with Crippen LogP contribution in [0.15, 0.2) is 82.3 Å². The summed E-state index contributed by atoms with van der Waals surface area (Å²) in [7, 11) is 0. The molecule has 1 heterocycles. The Kier molecular flexibility index (Phi) is 5.00. The van der Waals surface area contributed by atoms with E-state index in [4.69, 9.17) is 9.52 Å². The van der Waals surface area contributed by atoms with E-state index in [0.29, 0.717) is 17.1 Å². The fraction of sp³-hybridized carbons (Fsp3) is 0. The lowest BCUT2D eigenvalue weighted by Gasteiger charge is -2.05. The Bertz CT molecular complexity index is 1270. The summed E-state index contributed by atoms with van der Waals surface area (Å²) in [6.45, 7) is 0. The number of rotatable bonds is 5. The molecule has 3 N–H and O–H groups in total. The predicted octanol–water partition coefficient (Wildman–Crippen LogP) is 4.27. The number of hydrazone groups is 1. The molecule has 0 aliphatic heterocycles. The third-order valence-corrected chi connectivity index (χ3v) is 4.51. The molecule has 7 nitrogen and oxygen atoms in total. The number of benzene rings is 3. The van der Waals surface area contributed by atoms with E-state index in [1.54, 1.807) is 30.3 Å². The second kappa shape index (κ2) is 7.92. The van der Waals surface area contributed by atoms with Crippen LogP contribution in [0.1, 0.15) is 26.5 Å². The first-order valence-electron chi connectivity index (χ1n) is 9.00. The van der Waals surface area contributed by atoms with Crippen molar-refractivity contribution in [2.45, 2.75) is 0 Å². The Hall–Kier alpha value is -4.39. The number of phenolic OH excluding ortho intramolecular Hbond substituents is 1. The van der Waals surface area contributed by atoms with E-state index in [-0.39, 0.29) is 16.9 Å². The summed E-state index contributed by atoms with van der Waals surface area (Å²) in [5.74, 6) is -0.749. The maximum atomic E-state index is 12.3. The van der Waals surface area contributed by atoms with Gasteiger partial charge in [0.1, 0.15) is 17.3 Å². The smallest absolute Gasteiger partial charge is 0.335 e. The van der Waals surface area contributed by atoms with E-state index in [1.165, 1.54) is 24.4 Å². The monoisotopic (exact) mass is 400 g/mol. The molecule has 0 atom stereocenters. The molecular weight excluding hydrogens is 384 g/mol.